The number of nitrogens with one attached hydrogen (secondary N) is 2. The average molecular weight is 472 g/mol. The molecule has 2 amide bonds. The monoisotopic (exact) mass is 471 g/mol. The number of carboxylic acid groups (broad SMARTS) is 1. The third-order valence-electron chi connectivity index (χ3n) is 5.89. The van der Waals surface area contributed by atoms with E-state index in [4.69, 9.17) is 4.74 Å². The maximum atomic E-state index is 14.0. The lowest BCUT2D eigenvalue weighted by atomic mass is 9.93. The molecule has 1 aliphatic carbocycles. The molecular formula is C26H34FN3O4. The molecule has 2 aromatic rings. The summed E-state index contributed by atoms with van der Waals surface area (Å²) in [5, 5.41) is 14.6. The van der Waals surface area contributed by atoms with Crippen LogP contribution >= 0.6 is 0 Å². The van der Waals surface area contributed by atoms with Gasteiger partial charge in [-0.25, -0.2) is 14.0 Å². The minimum atomic E-state index is -1.08. The molecule has 3 N–H and O–H groups in total. The number of halogens is 1. The molecule has 1 fully saturated rings. The first-order valence-electron chi connectivity index (χ1n) is 11.9. The number of rotatable bonds is 9. The summed E-state index contributed by atoms with van der Waals surface area (Å²) >= 11 is 0. The highest BCUT2D eigenvalue weighted by Gasteiger charge is 2.25. The molecular weight excluding hydrogens is 437 g/mol. The van der Waals surface area contributed by atoms with Crippen molar-refractivity contribution in [2.75, 3.05) is 22.1 Å². The number of anilines is 3. The first-order valence-corrected chi connectivity index (χ1v) is 11.9. The lowest BCUT2D eigenvalue weighted by molar-refractivity contribution is -0.144. The number of carboxylic acids is 1. The molecule has 0 aromatic heterocycles. The fraction of sp³-hybridized carbons (Fsp3) is 0.462. The summed E-state index contributed by atoms with van der Waals surface area (Å²) in [6.07, 6.45) is 4.64. The van der Waals surface area contributed by atoms with Crippen LogP contribution in [-0.2, 0) is 4.79 Å². The number of hydrogen-bond acceptors (Lipinski definition) is 4. The Bertz CT molecular complexity index is 992. The molecule has 34 heavy (non-hydrogen) atoms. The molecule has 7 nitrogen and oxygen atoms in total. The van der Waals surface area contributed by atoms with E-state index in [2.05, 4.69) is 29.4 Å². The number of para-hydroxylation sites is 1. The third-order valence-corrected chi connectivity index (χ3v) is 5.89. The summed E-state index contributed by atoms with van der Waals surface area (Å²) in [5.74, 6) is -0.897. The van der Waals surface area contributed by atoms with E-state index in [1.54, 1.807) is 24.3 Å². The van der Waals surface area contributed by atoms with Gasteiger partial charge in [0.05, 0.1) is 17.1 Å². The predicted octanol–water partition coefficient (Wildman–Crippen LogP) is 6.12. The second kappa shape index (κ2) is 11.7. The van der Waals surface area contributed by atoms with Crippen molar-refractivity contribution < 1.29 is 23.8 Å². The Morgan fingerprint density at radius 1 is 1.06 bits per heavy atom. The normalized spacial score (nSPS) is 15.0. The molecule has 0 saturated heterocycles. The van der Waals surface area contributed by atoms with E-state index in [-0.39, 0.29) is 5.69 Å². The predicted molar refractivity (Wildman–Crippen MR) is 132 cm³/mol. The molecule has 184 valence electrons. The Labute approximate surface area is 200 Å². The summed E-state index contributed by atoms with van der Waals surface area (Å²) in [6.45, 7) is 6.56. The van der Waals surface area contributed by atoms with Crippen LogP contribution in [0.3, 0.4) is 0 Å². The number of nitrogens with zero attached hydrogens (tertiary/aromatic N) is 1. The number of carbonyl (C=O) groups is 2. The molecule has 0 spiro atoms. The van der Waals surface area contributed by atoms with Crippen molar-refractivity contribution in [1.82, 2.24) is 0 Å². The quantitative estimate of drug-likeness (QED) is 0.410. The number of ether oxygens (including phenoxy) is 1. The van der Waals surface area contributed by atoms with Gasteiger partial charge in [0.25, 0.3) is 0 Å². The van der Waals surface area contributed by atoms with Crippen LogP contribution in [0.1, 0.15) is 52.9 Å². The summed E-state index contributed by atoms with van der Waals surface area (Å²) in [6, 6.07) is 10.9. The van der Waals surface area contributed by atoms with Crippen molar-refractivity contribution >= 4 is 29.1 Å². The fourth-order valence-electron chi connectivity index (χ4n) is 4.26. The molecule has 0 aliphatic heterocycles. The molecule has 0 heterocycles. The molecule has 3 rings (SSSR count). The van der Waals surface area contributed by atoms with E-state index in [0.29, 0.717) is 23.4 Å². The van der Waals surface area contributed by atoms with Gasteiger partial charge in [-0.15, -0.1) is 0 Å². The van der Waals surface area contributed by atoms with Crippen LogP contribution in [-0.4, -0.2) is 35.8 Å². The summed E-state index contributed by atoms with van der Waals surface area (Å²) in [5.41, 5.74) is 1.38. The van der Waals surface area contributed by atoms with Crippen LogP contribution in [0, 0.1) is 11.7 Å². The highest BCUT2D eigenvalue weighted by molar-refractivity contribution is 6.02. The molecule has 2 aromatic carbocycles. The first-order chi connectivity index (χ1) is 16.2. The van der Waals surface area contributed by atoms with Crippen LogP contribution in [0.25, 0.3) is 0 Å². The Morgan fingerprint density at radius 2 is 1.74 bits per heavy atom. The third kappa shape index (κ3) is 6.85. The Morgan fingerprint density at radius 3 is 2.38 bits per heavy atom. The van der Waals surface area contributed by atoms with Crippen molar-refractivity contribution in [3.63, 3.8) is 0 Å². The van der Waals surface area contributed by atoms with E-state index >= 15 is 0 Å². The maximum absolute atomic E-state index is 14.0. The van der Waals surface area contributed by atoms with Crippen LogP contribution in [0.2, 0.25) is 0 Å². The smallest absolute Gasteiger partial charge is 0.344 e. The van der Waals surface area contributed by atoms with Gasteiger partial charge in [-0.05, 0) is 49.9 Å². The average Bonchev–Trinajstić information content (AvgIpc) is 2.80. The minimum absolute atomic E-state index is 0.0692. The van der Waals surface area contributed by atoms with Crippen molar-refractivity contribution in [2.45, 2.75) is 65.0 Å². The Balaban J connectivity index is 1.93. The van der Waals surface area contributed by atoms with Gasteiger partial charge in [0.15, 0.2) is 6.10 Å². The summed E-state index contributed by atoms with van der Waals surface area (Å²) in [4.78, 5) is 26.4. The van der Waals surface area contributed by atoms with Gasteiger partial charge < -0.3 is 25.4 Å². The second-order valence-corrected chi connectivity index (χ2v) is 9.17. The van der Waals surface area contributed by atoms with Gasteiger partial charge in [0, 0.05) is 18.7 Å². The molecule has 1 unspecified atom stereocenters. The molecule has 1 saturated carbocycles. The summed E-state index contributed by atoms with van der Waals surface area (Å²) in [7, 11) is 0. The Hall–Kier alpha value is -3.29. The van der Waals surface area contributed by atoms with Gasteiger partial charge in [0.2, 0.25) is 0 Å². The van der Waals surface area contributed by atoms with Crippen molar-refractivity contribution in [2.24, 2.45) is 5.92 Å². The lowest BCUT2D eigenvalue weighted by Gasteiger charge is -2.38. The molecule has 0 bridgehead atoms. The number of aliphatic carboxylic acids is 1. The van der Waals surface area contributed by atoms with Crippen molar-refractivity contribution in [1.29, 1.82) is 0 Å². The van der Waals surface area contributed by atoms with E-state index in [1.165, 1.54) is 25.5 Å². The van der Waals surface area contributed by atoms with Crippen LogP contribution in [0.5, 0.6) is 5.75 Å². The lowest BCUT2D eigenvalue weighted by Crippen LogP contribution is -2.40. The minimum Gasteiger partial charge on any atom is -0.479 e. The van der Waals surface area contributed by atoms with Gasteiger partial charge in [-0.3, -0.25) is 0 Å². The van der Waals surface area contributed by atoms with E-state index in [1.807, 2.05) is 6.07 Å². The maximum Gasteiger partial charge on any atom is 0.344 e. The molecule has 8 heteroatoms. The number of carbonyl (C=O) groups excluding carboxylic acids is 1. The largest absolute Gasteiger partial charge is 0.479 e. The topological polar surface area (TPSA) is 90.9 Å². The standard InChI is InChI=1S/C26H34FN3O4/c1-17(2)16-30(19-9-5-4-6-10-19)24-14-13-20(34-18(3)25(31)32)15-23(24)29-26(33)28-22-12-8-7-11-21(22)27/h7-8,11-15,17-19H,4-6,9-10,16H2,1-3H3,(H,31,32)(H2,28,29,33). The van der Waals surface area contributed by atoms with Gasteiger partial charge in [0.1, 0.15) is 11.6 Å². The number of urea groups is 1. The SMILES string of the molecule is CC(C)CN(c1ccc(OC(C)C(=O)O)cc1NC(=O)Nc1ccccc1F)C1CCCCC1. The number of benzene rings is 2. The van der Waals surface area contributed by atoms with Crippen LogP contribution < -0.4 is 20.3 Å². The van der Waals surface area contributed by atoms with Gasteiger partial charge >= 0.3 is 12.0 Å². The highest BCUT2D eigenvalue weighted by Crippen LogP contribution is 2.36. The van der Waals surface area contributed by atoms with E-state index in [9.17, 15) is 19.1 Å². The number of hydrogen-bond donors (Lipinski definition) is 3. The van der Waals surface area contributed by atoms with Crippen molar-refractivity contribution in [3.05, 3.63) is 48.3 Å². The first kappa shape index (κ1) is 25.3. The van der Waals surface area contributed by atoms with Crippen molar-refractivity contribution in [3.8, 4) is 5.75 Å². The van der Waals surface area contributed by atoms with Gasteiger partial charge in [-0.1, -0.05) is 45.2 Å². The molecule has 1 atom stereocenters. The second-order valence-electron chi connectivity index (χ2n) is 9.17. The summed E-state index contributed by atoms with van der Waals surface area (Å²) < 4.78 is 19.6. The van der Waals surface area contributed by atoms with Crippen LogP contribution in [0.4, 0.5) is 26.2 Å². The fourth-order valence-corrected chi connectivity index (χ4v) is 4.26. The number of amides is 2. The van der Waals surface area contributed by atoms with E-state index in [0.717, 1.165) is 37.9 Å². The highest BCUT2D eigenvalue weighted by atomic mass is 19.1. The molecule has 0 radical (unpaired) electrons. The van der Waals surface area contributed by atoms with Crippen LogP contribution in [0.15, 0.2) is 42.5 Å². The van der Waals surface area contributed by atoms with Gasteiger partial charge in [-0.2, -0.15) is 0 Å². The van der Waals surface area contributed by atoms with E-state index < -0.39 is 23.9 Å². The zero-order valence-electron chi connectivity index (χ0n) is 20.0. The molecule has 1 aliphatic rings. The zero-order valence-corrected chi connectivity index (χ0v) is 20.0. The zero-order chi connectivity index (χ0) is 24.7. The Kier molecular flexibility index (Phi) is 8.73.